The van der Waals surface area contributed by atoms with E-state index in [0.717, 1.165) is 17.7 Å². The number of anilines is 1. The summed E-state index contributed by atoms with van der Waals surface area (Å²) in [7, 11) is 0. The van der Waals surface area contributed by atoms with E-state index in [9.17, 15) is 4.79 Å². The number of nitrogens with one attached hydrogen (secondary N) is 2. The van der Waals surface area contributed by atoms with Gasteiger partial charge in [0.1, 0.15) is 0 Å². The number of nitrogens with zero attached hydrogens (tertiary/aromatic N) is 1. The van der Waals surface area contributed by atoms with E-state index in [1.54, 1.807) is 6.20 Å². The topological polar surface area (TPSA) is 54.0 Å². The van der Waals surface area contributed by atoms with Crippen LogP contribution in [0.25, 0.3) is 0 Å². The van der Waals surface area contributed by atoms with E-state index in [4.69, 9.17) is 0 Å². The average molecular weight is 253 g/mol. The fourth-order valence-corrected chi connectivity index (χ4v) is 2.81. The fraction of sp³-hybridized carbons (Fsp3) is 0.667. The van der Waals surface area contributed by atoms with Gasteiger partial charge in [0.15, 0.2) is 5.13 Å². The Hall–Kier alpha value is -1.10. The van der Waals surface area contributed by atoms with Gasteiger partial charge in [0.2, 0.25) is 0 Å². The first-order valence-corrected chi connectivity index (χ1v) is 7.05. The summed E-state index contributed by atoms with van der Waals surface area (Å²) in [6.45, 7) is 1.98. The molecule has 0 radical (unpaired) electrons. The molecule has 0 atom stereocenters. The van der Waals surface area contributed by atoms with Crippen LogP contribution in [0.1, 0.15) is 43.4 Å². The molecule has 0 saturated heterocycles. The summed E-state index contributed by atoms with van der Waals surface area (Å²) in [6, 6.07) is 0.213. The largest absolute Gasteiger partial charge is 0.335 e. The maximum absolute atomic E-state index is 11.7. The standard InChI is InChI=1S/C12H19N3OS/c1-9-8-13-12(17-9)15-11(16)14-10-6-4-2-3-5-7-10/h8,10H,2-7H2,1H3,(H2,13,14,15,16). The summed E-state index contributed by atoms with van der Waals surface area (Å²) < 4.78 is 0. The van der Waals surface area contributed by atoms with Gasteiger partial charge in [-0.25, -0.2) is 9.78 Å². The number of aromatic nitrogens is 1. The number of thiazole rings is 1. The minimum Gasteiger partial charge on any atom is -0.335 e. The van der Waals surface area contributed by atoms with Gasteiger partial charge in [0.25, 0.3) is 0 Å². The van der Waals surface area contributed by atoms with Gasteiger partial charge in [0, 0.05) is 17.1 Å². The van der Waals surface area contributed by atoms with Crippen LogP contribution in [0.15, 0.2) is 6.20 Å². The zero-order valence-electron chi connectivity index (χ0n) is 10.2. The Morgan fingerprint density at radius 1 is 1.35 bits per heavy atom. The fourth-order valence-electron chi connectivity index (χ4n) is 2.15. The van der Waals surface area contributed by atoms with Crippen LogP contribution >= 0.6 is 11.3 Å². The zero-order chi connectivity index (χ0) is 12.1. The number of aryl methyl sites for hydroxylation is 1. The highest BCUT2D eigenvalue weighted by atomic mass is 32.1. The highest BCUT2D eigenvalue weighted by Crippen LogP contribution is 2.18. The van der Waals surface area contributed by atoms with Crippen LogP contribution < -0.4 is 10.6 Å². The van der Waals surface area contributed by atoms with Crippen LogP contribution in [0, 0.1) is 6.92 Å². The first-order chi connectivity index (χ1) is 8.24. The first kappa shape index (κ1) is 12.4. The van der Waals surface area contributed by atoms with Crippen molar-refractivity contribution in [3.05, 3.63) is 11.1 Å². The smallest absolute Gasteiger partial charge is 0.321 e. The Balaban J connectivity index is 1.80. The molecule has 1 fully saturated rings. The monoisotopic (exact) mass is 253 g/mol. The lowest BCUT2D eigenvalue weighted by atomic mass is 10.1. The Morgan fingerprint density at radius 2 is 2.06 bits per heavy atom. The summed E-state index contributed by atoms with van der Waals surface area (Å²) in [6.07, 6.45) is 9.01. The number of hydrogen-bond acceptors (Lipinski definition) is 3. The van der Waals surface area contributed by atoms with Crippen molar-refractivity contribution in [2.24, 2.45) is 0 Å². The third-order valence-corrected chi connectivity index (χ3v) is 3.86. The van der Waals surface area contributed by atoms with Gasteiger partial charge in [-0.1, -0.05) is 25.7 Å². The lowest BCUT2D eigenvalue weighted by molar-refractivity contribution is 0.247. The van der Waals surface area contributed by atoms with E-state index in [1.807, 2.05) is 6.92 Å². The van der Waals surface area contributed by atoms with Crippen LogP contribution in [0.5, 0.6) is 0 Å². The summed E-state index contributed by atoms with van der Waals surface area (Å²) in [5.74, 6) is 0. The highest BCUT2D eigenvalue weighted by molar-refractivity contribution is 7.15. The van der Waals surface area contributed by atoms with Gasteiger partial charge >= 0.3 is 6.03 Å². The maximum Gasteiger partial charge on any atom is 0.321 e. The van der Waals surface area contributed by atoms with Crippen molar-refractivity contribution in [1.29, 1.82) is 0 Å². The van der Waals surface area contributed by atoms with Crippen LogP contribution in [0.4, 0.5) is 9.93 Å². The lowest BCUT2D eigenvalue weighted by Gasteiger charge is -2.15. The number of rotatable bonds is 2. The SMILES string of the molecule is Cc1cnc(NC(=O)NC2CCCCCC2)s1. The van der Waals surface area contributed by atoms with Crippen LogP contribution in [-0.4, -0.2) is 17.1 Å². The highest BCUT2D eigenvalue weighted by Gasteiger charge is 2.15. The number of amides is 2. The van der Waals surface area contributed by atoms with E-state index in [2.05, 4.69) is 15.6 Å². The van der Waals surface area contributed by atoms with E-state index < -0.39 is 0 Å². The van der Waals surface area contributed by atoms with Gasteiger partial charge in [-0.2, -0.15) is 0 Å². The van der Waals surface area contributed by atoms with Gasteiger partial charge in [-0.3, -0.25) is 5.32 Å². The van der Waals surface area contributed by atoms with Gasteiger partial charge in [-0.15, -0.1) is 11.3 Å². The van der Waals surface area contributed by atoms with Crippen molar-refractivity contribution in [1.82, 2.24) is 10.3 Å². The Morgan fingerprint density at radius 3 is 2.65 bits per heavy atom. The van der Waals surface area contributed by atoms with Crippen molar-refractivity contribution >= 4 is 22.5 Å². The lowest BCUT2D eigenvalue weighted by Crippen LogP contribution is -2.37. The molecule has 1 aromatic rings. The van der Waals surface area contributed by atoms with Crippen molar-refractivity contribution in [3.8, 4) is 0 Å². The van der Waals surface area contributed by atoms with Gasteiger partial charge in [-0.05, 0) is 19.8 Å². The van der Waals surface area contributed by atoms with Gasteiger partial charge in [0.05, 0.1) is 0 Å². The number of carbonyl (C=O) groups is 1. The minimum absolute atomic E-state index is 0.119. The second-order valence-corrected chi connectivity index (χ2v) is 5.80. The van der Waals surface area contributed by atoms with E-state index in [-0.39, 0.29) is 6.03 Å². The molecule has 0 aromatic carbocycles. The number of carbonyl (C=O) groups excluding carboxylic acids is 1. The van der Waals surface area contributed by atoms with E-state index in [0.29, 0.717) is 11.2 Å². The van der Waals surface area contributed by atoms with E-state index in [1.165, 1.54) is 37.0 Å². The van der Waals surface area contributed by atoms with Crippen molar-refractivity contribution in [3.63, 3.8) is 0 Å². The minimum atomic E-state index is -0.119. The molecule has 94 valence electrons. The molecule has 1 saturated carbocycles. The molecule has 2 rings (SSSR count). The maximum atomic E-state index is 11.7. The molecule has 1 aliphatic rings. The molecular weight excluding hydrogens is 234 g/mol. The molecule has 4 nitrogen and oxygen atoms in total. The third kappa shape index (κ3) is 4.00. The summed E-state index contributed by atoms with van der Waals surface area (Å²) in [4.78, 5) is 17.0. The molecule has 0 aliphatic heterocycles. The van der Waals surface area contributed by atoms with Crippen LogP contribution in [0.3, 0.4) is 0 Å². The summed E-state index contributed by atoms with van der Waals surface area (Å²) in [5, 5.41) is 6.50. The molecule has 17 heavy (non-hydrogen) atoms. The van der Waals surface area contributed by atoms with E-state index >= 15 is 0 Å². The Bertz CT molecular complexity index is 370. The summed E-state index contributed by atoms with van der Waals surface area (Å²) >= 11 is 1.50. The Kier molecular flexibility index (Phi) is 4.36. The molecule has 2 amide bonds. The molecule has 0 bridgehead atoms. The molecule has 1 aromatic heterocycles. The van der Waals surface area contributed by atoms with Crippen LogP contribution in [0.2, 0.25) is 0 Å². The van der Waals surface area contributed by atoms with Gasteiger partial charge < -0.3 is 5.32 Å². The average Bonchev–Trinajstić information content (AvgIpc) is 2.53. The quantitative estimate of drug-likeness (QED) is 0.795. The van der Waals surface area contributed by atoms with Crippen molar-refractivity contribution in [2.75, 3.05) is 5.32 Å². The third-order valence-electron chi connectivity index (χ3n) is 3.03. The first-order valence-electron chi connectivity index (χ1n) is 6.24. The number of urea groups is 1. The molecule has 1 aliphatic carbocycles. The zero-order valence-corrected chi connectivity index (χ0v) is 11.0. The normalized spacial score (nSPS) is 17.5. The predicted octanol–water partition coefficient (Wildman–Crippen LogP) is 3.30. The van der Waals surface area contributed by atoms with Crippen LogP contribution in [-0.2, 0) is 0 Å². The molecule has 0 unspecified atom stereocenters. The Labute approximate surface area is 106 Å². The molecule has 0 spiro atoms. The summed E-state index contributed by atoms with van der Waals surface area (Å²) in [5.41, 5.74) is 0. The second-order valence-electron chi connectivity index (χ2n) is 4.56. The molecule has 5 heteroatoms. The molecular formula is C12H19N3OS. The predicted molar refractivity (Wildman–Crippen MR) is 70.5 cm³/mol. The second kappa shape index (κ2) is 6.00. The number of hydrogen-bond donors (Lipinski definition) is 2. The van der Waals surface area contributed by atoms with Crippen molar-refractivity contribution < 1.29 is 4.79 Å². The molecule has 2 N–H and O–H groups in total. The van der Waals surface area contributed by atoms with Crippen molar-refractivity contribution in [2.45, 2.75) is 51.5 Å². The molecule has 1 heterocycles.